The predicted molar refractivity (Wildman–Crippen MR) is 79.2 cm³/mol. The molecule has 0 bridgehead atoms. The van der Waals surface area contributed by atoms with Crippen LogP contribution in [0.25, 0.3) is 22.8 Å². The summed E-state index contributed by atoms with van der Waals surface area (Å²) < 4.78 is 2.50. The summed E-state index contributed by atoms with van der Waals surface area (Å²) in [5, 5.41) is 17.3. The highest BCUT2D eigenvalue weighted by Gasteiger charge is 2.08. The first-order valence-corrected chi connectivity index (χ1v) is 6.60. The van der Waals surface area contributed by atoms with E-state index in [-0.39, 0.29) is 0 Å². The van der Waals surface area contributed by atoms with E-state index >= 15 is 0 Å². The second kappa shape index (κ2) is 5.23. The van der Waals surface area contributed by atoms with Crippen LogP contribution in [-0.2, 0) is 0 Å². The number of halogens is 1. The fourth-order valence-corrected chi connectivity index (χ4v) is 2.08. The second-order valence-electron chi connectivity index (χ2n) is 4.06. The molecule has 0 saturated carbocycles. The van der Waals surface area contributed by atoms with Gasteiger partial charge in [0, 0.05) is 10.7 Å². The van der Waals surface area contributed by atoms with E-state index in [0.29, 0.717) is 11.2 Å². The Labute approximate surface area is 123 Å². The molecule has 0 fully saturated rings. The molecule has 0 aliphatic rings. The van der Waals surface area contributed by atoms with Gasteiger partial charge in [0.2, 0.25) is 0 Å². The highest BCUT2D eigenvalue weighted by atomic mass is 79.9. The standard InChI is InChI=1S/C14H8BrN5/c15-11-3-1-10(2-4-11)7-12(8-16)20-14-5-6-17-9-13(14)18-19-20/h1-7,9H/b12-7+. The fraction of sp³-hybridized carbons (Fsp3) is 0. The minimum absolute atomic E-state index is 0.404. The van der Waals surface area contributed by atoms with Crippen molar-refractivity contribution < 1.29 is 0 Å². The smallest absolute Gasteiger partial charge is 0.145 e. The first-order valence-electron chi connectivity index (χ1n) is 5.81. The fourth-order valence-electron chi connectivity index (χ4n) is 1.81. The maximum atomic E-state index is 9.34. The number of fused-ring (bicyclic) bond motifs is 1. The highest BCUT2D eigenvalue weighted by Crippen LogP contribution is 2.17. The van der Waals surface area contributed by atoms with Gasteiger partial charge in [0.15, 0.2) is 0 Å². The molecule has 0 amide bonds. The SMILES string of the molecule is N#C/C(=C\c1ccc(Br)cc1)n1nnc2cnccc21. The zero-order valence-corrected chi connectivity index (χ0v) is 11.8. The van der Waals surface area contributed by atoms with Crippen LogP contribution in [0.2, 0.25) is 0 Å². The predicted octanol–water partition coefficient (Wildman–Crippen LogP) is 3.11. The molecule has 0 N–H and O–H groups in total. The maximum Gasteiger partial charge on any atom is 0.145 e. The lowest BCUT2D eigenvalue weighted by Gasteiger charge is -2.00. The lowest BCUT2D eigenvalue weighted by Crippen LogP contribution is -1.97. The number of pyridine rings is 1. The first kappa shape index (κ1) is 12.5. The number of nitrogens with zero attached hydrogens (tertiary/aromatic N) is 5. The molecule has 3 rings (SSSR count). The third kappa shape index (κ3) is 2.31. The molecule has 2 aromatic heterocycles. The maximum absolute atomic E-state index is 9.34. The van der Waals surface area contributed by atoms with E-state index in [1.54, 1.807) is 24.5 Å². The van der Waals surface area contributed by atoms with E-state index in [1.165, 1.54) is 4.68 Å². The third-order valence-electron chi connectivity index (χ3n) is 2.76. The van der Waals surface area contributed by atoms with Crippen molar-refractivity contribution in [2.75, 3.05) is 0 Å². The van der Waals surface area contributed by atoms with Crippen LogP contribution in [0, 0.1) is 11.3 Å². The summed E-state index contributed by atoms with van der Waals surface area (Å²) in [5.41, 5.74) is 2.73. The van der Waals surface area contributed by atoms with Crippen LogP contribution in [0.5, 0.6) is 0 Å². The molecule has 0 aliphatic heterocycles. The number of allylic oxidation sites excluding steroid dienone is 1. The van der Waals surface area contributed by atoms with Crippen molar-refractivity contribution in [2.45, 2.75) is 0 Å². The molecule has 6 heteroatoms. The van der Waals surface area contributed by atoms with Crippen molar-refractivity contribution in [1.29, 1.82) is 5.26 Å². The molecule has 20 heavy (non-hydrogen) atoms. The number of hydrogen-bond acceptors (Lipinski definition) is 4. The molecular formula is C14H8BrN5. The van der Waals surface area contributed by atoms with E-state index < -0.39 is 0 Å². The van der Waals surface area contributed by atoms with Gasteiger partial charge in [-0.15, -0.1) is 5.10 Å². The summed E-state index contributed by atoms with van der Waals surface area (Å²) in [6.07, 6.45) is 5.03. The van der Waals surface area contributed by atoms with Crippen LogP contribution in [0.1, 0.15) is 5.56 Å². The van der Waals surface area contributed by atoms with Gasteiger partial charge in [-0.05, 0) is 29.8 Å². The van der Waals surface area contributed by atoms with Gasteiger partial charge >= 0.3 is 0 Å². The van der Waals surface area contributed by atoms with E-state index in [1.807, 2.05) is 24.3 Å². The minimum Gasteiger partial charge on any atom is -0.262 e. The van der Waals surface area contributed by atoms with Crippen molar-refractivity contribution >= 4 is 38.7 Å². The minimum atomic E-state index is 0.404. The normalized spacial score (nSPS) is 11.5. The van der Waals surface area contributed by atoms with Crippen molar-refractivity contribution in [1.82, 2.24) is 20.0 Å². The Balaban J connectivity index is 2.10. The molecule has 3 aromatic rings. The van der Waals surface area contributed by atoms with Gasteiger partial charge in [0.05, 0.1) is 11.7 Å². The second-order valence-corrected chi connectivity index (χ2v) is 4.97. The van der Waals surface area contributed by atoms with Gasteiger partial charge < -0.3 is 0 Å². The van der Waals surface area contributed by atoms with Crippen LogP contribution >= 0.6 is 15.9 Å². The van der Waals surface area contributed by atoms with Gasteiger partial charge in [-0.2, -0.15) is 5.26 Å². The molecule has 0 atom stereocenters. The lowest BCUT2D eigenvalue weighted by molar-refractivity contribution is 0.848. The molecule has 1 aromatic carbocycles. The molecule has 0 saturated heterocycles. The Morgan fingerprint density at radius 1 is 1.25 bits per heavy atom. The van der Waals surface area contributed by atoms with E-state index in [0.717, 1.165) is 15.6 Å². The van der Waals surface area contributed by atoms with Crippen molar-refractivity contribution in [3.8, 4) is 6.07 Å². The van der Waals surface area contributed by atoms with E-state index in [4.69, 9.17) is 0 Å². The zero-order chi connectivity index (χ0) is 13.9. The molecule has 0 spiro atoms. The summed E-state index contributed by atoms with van der Waals surface area (Å²) in [4.78, 5) is 3.98. The Morgan fingerprint density at radius 3 is 2.80 bits per heavy atom. The summed E-state index contributed by atoms with van der Waals surface area (Å²) in [6, 6.07) is 11.6. The number of aromatic nitrogens is 4. The van der Waals surface area contributed by atoms with Crippen molar-refractivity contribution in [3.63, 3.8) is 0 Å². The van der Waals surface area contributed by atoms with Crippen molar-refractivity contribution in [2.24, 2.45) is 0 Å². The molecular weight excluding hydrogens is 318 g/mol. The summed E-state index contributed by atoms with van der Waals surface area (Å²) in [5.74, 6) is 0. The number of hydrogen-bond donors (Lipinski definition) is 0. The average Bonchev–Trinajstić information content (AvgIpc) is 2.91. The van der Waals surface area contributed by atoms with E-state index in [2.05, 4.69) is 37.3 Å². The molecule has 5 nitrogen and oxygen atoms in total. The largest absolute Gasteiger partial charge is 0.262 e. The zero-order valence-electron chi connectivity index (χ0n) is 10.2. The molecule has 0 unspecified atom stereocenters. The lowest BCUT2D eigenvalue weighted by atomic mass is 10.2. The Morgan fingerprint density at radius 2 is 2.05 bits per heavy atom. The summed E-state index contributed by atoms with van der Waals surface area (Å²) in [6.45, 7) is 0. The Hall–Kier alpha value is -2.52. The molecule has 96 valence electrons. The van der Waals surface area contributed by atoms with Crippen LogP contribution in [0.3, 0.4) is 0 Å². The van der Waals surface area contributed by atoms with Gasteiger partial charge in [0.1, 0.15) is 17.3 Å². The quantitative estimate of drug-likeness (QED) is 0.679. The number of benzene rings is 1. The Bertz CT molecular complexity index is 827. The molecule has 0 aliphatic carbocycles. The number of nitriles is 1. The summed E-state index contributed by atoms with van der Waals surface area (Å²) >= 11 is 3.38. The van der Waals surface area contributed by atoms with Gasteiger partial charge in [-0.1, -0.05) is 33.3 Å². The first-order chi connectivity index (χ1) is 9.78. The molecule has 0 radical (unpaired) electrons. The van der Waals surface area contributed by atoms with Crippen LogP contribution < -0.4 is 0 Å². The topological polar surface area (TPSA) is 67.4 Å². The monoisotopic (exact) mass is 325 g/mol. The highest BCUT2D eigenvalue weighted by molar-refractivity contribution is 9.10. The Kier molecular flexibility index (Phi) is 3.27. The molecule has 2 heterocycles. The third-order valence-corrected chi connectivity index (χ3v) is 3.29. The van der Waals surface area contributed by atoms with Gasteiger partial charge in [-0.25, -0.2) is 4.68 Å². The van der Waals surface area contributed by atoms with Crippen LogP contribution in [0.4, 0.5) is 0 Å². The van der Waals surface area contributed by atoms with Crippen LogP contribution in [0.15, 0.2) is 47.2 Å². The summed E-state index contributed by atoms with van der Waals surface area (Å²) in [7, 11) is 0. The van der Waals surface area contributed by atoms with Gasteiger partial charge in [-0.3, -0.25) is 4.98 Å². The average molecular weight is 326 g/mol. The van der Waals surface area contributed by atoms with Crippen LogP contribution in [-0.4, -0.2) is 20.0 Å². The van der Waals surface area contributed by atoms with Gasteiger partial charge in [0.25, 0.3) is 0 Å². The van der Waals surface area contributed by atoms with E-state index in [9.17, 15) is 5.26 Å². The number of rotatable bonds is 2. The van der Waals surface area contributed by atoms with Crippen molar-refractivity contribution in [3.05, 3.63) is 52.8 Å².